The van der Waals surface area contributed by atoms with E-state index in [1.54, 1.807) is 0 Å². The van der Waals surface area contributed by atoms with Crippen LogP contribution in [0, 0.1) is 0 Å². The van der Waals surface area contributed by atoms with Crippen LogP contribution in [0.1, 0.15) is 62.8 Å². The van der Waals surface area contributed by atoms with Crippen LogP contribution >= 0.6 is 0 Å². The summed E-state index contributed by atoms with van der Waals surface area (Å²) >= 11 is 0. The third kappa shape index (κ3) is 3.62. The summed E-state index contributed by atoms with van der Waals surface area (Å²) in [5.74, 6) is 0.780. The Hall–Kier alpha value is -0.860. The van der Waals surface area contributed by atoms with Gasteiger partial charge < -0.3 is 11.1 Å². The molecule has 3 N–H and O–H groups in total. The third-order valence-electron chi connectivity index (χ3n) is 5.18. The standard InChI is InChI=1S/C18H28N2/c19-16-7-4-8-18(13-16)20-17-11-9-15(10-12-17)14-5-2-1-3-6-14/h1-3,5-6,15-18,20H,4,7-13,19H2. The first-order valence-electron chi connectivity index (χ1n) is 8.38. The minimum atomic E-state index is 0.432. The Morgan fingerprint density at radius 2 is 1.60 bits per heavy atom. The molecule has 1 aromatic rings. The molecule has 0 bridgehead atoms. The van der Waals surface area contributed by atoms with E-state index in [0.29, 0.717) is 12.1 Å². The topological polar surface area (TPSA) is 38.0 Å². The Balaban J connectivity index is 1.46. The van der Waals surface area contributed by atoms with Gasteiger partial charge in [0.2, 0.25) is 0 Å². The molecule has 2 saturated carbocycles. The van der Waals surface area contributed by atoms with E-state index in [-0.39, 0.29) is 0 Å². The second-order valence-corrected chi connectivity index (χ2v) is 6.75. The molecule has 2 aliphatic rings. The highest BCUT2D eigenvalue weighted by molar-refractivity contribution is 5.20. The minimum absolute atomic E-state index is 0.432. The molecular weight excluding hydrogens is 244 g/mol. The van der Waals surface area contributed by atoms with Gasteiger partial charge in [-0.2, -0.15) is 0 Å². The van der Waals surface area contributed by atoms with Crippen molar-refractivity contribution >= 4 is 0 Å². The van der Waals surface area contributed by atoms with Crippen LogP contribution in [0.5, 0.6) is 0 Å². The molecular formula is C18H28N2. The van der Waals surface area contributed by atoms with Crippen LogP contribution in [0.4, 0.5) is 0 Å². The fraction of sp³-hybridized carbons (Fsp3) is 0.667. The van der Waals surface area contributed by atoms with Crippen LogP contribution in [-0.2, 0) is 0 Å². The maximum Gasteiger partial charge on any atom is 0.00843 e. The van der Waals surface area contributed by atoms with E-state index in [4.69, 9.17) is 5.73 Å². The first kappa shape index (κ1) is 14.1. The lowest BCUT2D eigenvalue weighted by molar-refractivity contribution is 0.266. The molecule has 3 rings (SSSR count). The predicted octanol–water partition coefficient (Wildman–Crippen LogP) is 3.57. The second-order valence-electron chi connectivity index (χ2n) is 6.75. The van der Waals surface area contributed by atoms with Crippen molar-refractivity contribution in [3.63, 3.8) is 0 Å². The van der Waals surface area contributed by atoms with E-state index in [0.717, 1.165) is 12.0 Å². The fourth-order valence-electron chi connectivity index (χ4n) is 4.03. The highest BCUT2D eigenvalue weighted by Gasteiger charge is 2.26. The summed E-state index contributed by atoms with van der Waals surface area (Å²) in [5.41, 5.74) is 7.62. The molecule has 0 radical (unpaired) electrons. The number of nitrogens with two attached hydrogens (primary N) is 1. The highest BCUT2D eigenvalue weighted by Crippen LogP contribution is 2.33. The van der Waals surface area contributed by atoms with Crippen LogP contribution in [0.3, 0.4) is 0 Å². The number of benzene rings is 1. The number of nitrogens with one attached hydrogen (secondary N) is 1. The van der Waals surface area contributed by atoms with Crippen molar-refractivity contribution in [3.05, 3.63) is 35.9 Å². The lowest BCUT2D eigenvalue weighted by Crippen LogP contribution is -2.45. The van der Waals surface area contributed by atoms with Crippen molar-refractivity contribution in [2.24, 2.45) is 5.73 Å². The SMILES string of the molecule is NC1CCCC(NC2CCC(c3ccccc3)CC2)C1. The first-order chi connectivity index (χ1) is 9.81. The van der Waals surface area contributed by atoms with Gasteiger partial charge in [-0.15, -0.1) is 0 Å². The Bertz CT molecular complexity index is 395. The molecule has 0 saturated heterocycles. The average molecular weight is 272 g/mol. The van der Waals surface area contributed by atoms with E-state index in [1.807, 2.05) is 0 Å². The van der Waals surface area contributed by atoms with E-state index >= 15 is 0 Å². The van der Waals surface area contributed by atoms with Gasteiger partial charge in [0.15, 0.2) is 0 Å². The predicted molar refractivity (Wildman–Crippen MR) is 84.8 cm³/mol. The molecule has 2 aliphatic carbocycles. The van der Waals surface area contributed by atoms with Gasteiger partial charge in [0.1, 0.15) is 0 Å². The molecule has 0 heterocycles. The zero-order chi connectivity index (χ0) is 13.8. The van der Waals surface area contributed by atoms with Crippen molar-refractivity contribution in [3.8, 4) is 0 Å². The van der Waals surface area contributed by atoms with Crippen molar-refractivity contribution in [1.82, 2.24) is 5.32 Å². The molecule has 0 spiro atoms. The molecule has 0 aromatic heterocycles. The van der Waals surface area contributed by atoms with Gasteiger partial charge in [-0.3, -0.25) is 0 Å². The Morgan fingerprint density at radius 1 is 0.850 bits per heavy atom. The molecule has 20 heavy (non-hydrogen) atoms. The van der Waals surface area contributed by atoms with E-state index in [2.05, 4.69) is 35.6 Å². The lowest BCUT2D eigenvalue weighted by atomic mass is 9.81. The summed E-state index contributed by atoms with van der Waals surface area (Å²) in [7, 11) is 0. The lowest BCUT2D eigenvalue weighted by Gasteiger charge is -2.35. The van der Waals surface area contributed by atoms with Gasteiger partial charge in [0.25, 0.3) is 0 Å². The molecule has 2 fully saturated rings. The summed E-state index contributed by atoms with van der Waals surface area (Å²) in [6.07, 6.45) is 10.3. The average Bonchev–Trinajstić information content (AvgIpc) is 2.49. The normalized spacial score (nSPS) is 34.9. The number of hydrogen-bond donors (Lipinski definition) is 2. The quantitative estimate of drug-likeness (QED) is 0.882. The van der Waals surface area contributed by atoms with E-state index < -0.39 is 0 Å². The van der Waals surface area contributed by atoms with Crippen LogP contribution in [-0.4, -0.2) is 18.1 Å². The first-order valence-corrected chi connectivity index (χ1v) is 8.38. The monoisotopic (exact) mass is 272 g/mol. The van der Waals surface area contributed by atoms with Crippen molar-refractivity contribution in [2.75, 3.05) is 0 Å². The third-order valence-corrected chi connectivity index (χ3v) is 5.18. The summed E-state index contributed by atoms with van der Waals surface area (Å²) in [6, 6.07) is 12.9. The zero-order valence-electron chi connectivity index (χ0n) is 12.4. The Morgan fingerprint density at radius 3 is 2.30 bits per heavy atom. The molecule has 2 unspecified atom stereocenters. The van der Waals surface area contributed by atoms with Crippen LogP contribution in [0.15, 0.2) is 30.3 Å². The summed E-state index contributed by atoms with van der Waals surface area (Å²) in [5, 5.41) is 3.88. The number of rotatable bonds is 3. The van der Waals surface area contributed by atoms with Crippen LogP contribution in [0.2, 0.25) is 0 Å². The molecule has 1 aromatic carbocycles. The number of hydrogen-bond acceptors (Lipinski definition) is 2. The fourth-order valence-corrected chi connectivity index (χ4v) is 4.03. The molecule has 2 nitrogen and oxygen atoms in total. The van der Waals surface area contributed by atoms with E-state index in [1.165, 1.54) is 56.9 Å². The second kappa shape index (κ2) is 6.73. The molecule has 0 amide bonds. The van der Waals surface area contributed by atoms with Crippen molar-refractivity contribution in [2.45, 2.75) is 75.4 Å². The Labute approximate surface area is 123 Å². The van der Waals surface area contributed by atoms with Gasteiger partial charge in [-0.25, -0.2) is 0 Å². The summed E-state index contributed by atoms with van der Waals surface area (Å²) < 4.78 is 0. The maximum absolute atomic E-state index is 6.09. The molecule has 110 valence electrons. The summed E-state index contributed by atoms with van der Waals surface area (Å²) in [4.78, 5) is 0. The largest absolute Gasteiger partial charge is 0.328 e. The van der Waals surface area contributed by atoms with Crippen LogP contribution in [0.25, 0.3) is 0 Å². The Kier molecular flexibility index (Phi) is 4.74. The van der Waals surface area contributed by atoms with Gasteiger partial charge in [0, 0.05) is 18.1 Å². The highest BCUT2D eigenvalue weighted by atomic mass is 15.0. The molecule has 2 atom stereocenters. The maximum atomic E-state index is 6.09. The zero-order valence-corrected chi connectivity index (χ0v) is 12.4. The van der Waals surface area contributed by atoms with Gasteiger partial charge >= 0.3 is 0 Å². The van der Waals surface area contributed by atoms with Crippen molar-refractivity contribution in [1.29, 1.82) is 0 Å². The summed E-state index contributed by atoms with van der Waals surface area (Å²) in [6.45, 7) is 0. The van der Waals surface area contributed by atoms with Crippen molar-refractivity contribution < 1.29 is 0 Å². The molecule has 2 heteroatoms. The van der Waals surface area contributed by atoms with Gasteiger partial charge in [0.05, 0.1) is 0 Å². The molecule has 0 aliphatic heterocycles. The van der Waals surface area contributed by atoms with E-state index in [9.17, 15) is 0 Å². The van der Waals surface area contributed by atoms with Gasteiger partial charge in [-0.1, -0.05) is 36.8 Å². The smallest absolute Gasteiger partial charge is 0.00843 e. The van der Waals surface area contributed by atoms with Gasteiger partial charge in [-0.05, 0) is 56.4 Å². The van der Waals surface area contributed by atoms with Crippen LogP contribution < -0.4 is 11.1 Å². The minimum Gasteiger partial charge on any atom is -0.328 e.